The van der Waals surface area contributed by atoms with E-state index >= 15 is 0 Å². The van der Waals surface area contributed by atoms with Crippen molar-refractivity contribution in [1.29, 1.82) is 0 Å². The normalized spacial score (nSPS) is 10.4. The van der Waals surface area contributed by atoms with E-state index in [4.69, 9.17) is 18.9 Å². The van der Waals surface area contributed by atoms with Crippen LogP contribution in [-0.2, 0) is 18.0 Å². The molecule has 3 aromatic rings. The van der Waals surface area contributed by atoms with Gasteiger partial charge in [-0.2, -0.15) is 0 Å². The predicted molar refractivity (Wildman–Crippen MR) is 120 cm³/mol. The second-order valence-electron chi connectivity index (χ2n) is 7.01. The van der Waals surface area contributed by atoms with Gasteiger partial charge in [-0.05, 0) is 29.7 Å². The van der Waals surface area contributed by atoms with Crippen LogP contribution in [0.3, 0.4) is 0 Å². The molecule has 5 heteroatoms. The molecular weight excluding hydrogens is 392 g/mol. The summed E-state index contributed by atoms with van der Waals surface area (Å²) < 4.78 is 23.2. The highest BCUT2D eigenvalue weighted by atomic mass is 16.5. The number of carbonyl (C=O) groups is 1. The van der Waals surface area contributed by atoms with Crippen LogP contribution in [-0.4, -0.2) is 19.7 Å². The second-order valence-corrected chi connectivity index (χ2v) is 7.01. The zero-order chi connectivity index (χ0) is 21.9. The Hall–Kier alpha value is -3.47. The van der Waals surface area contributed by atoms with Gasteiger partial charge < -0.3 is 18.9 Å². The smallest absolute Gasteiger partial charge is 0.341 e. The average Bonchev–Trinajstić information content (AvgIpc) is 2.82. The van der Waals surface area contributed by atoms with E-state index in [9.17, 15) is 4.79 Å². The van der Waals surface area contributed by atoms with Gasteiger partial charge >= 0.3 is 5.97 Å². The molecule has 0 N–H and O–H groups in total. The van der Waals surface area contributed by atoms with Gasteiger partial charge in [0.1, 0.15) is 18.8 Å². The first-order chi connectivity index (χ1) is 15.2. The van der Waals surface area contributed by atoms with Crippen LogP contribution in [0, 0.1) is 0 Å². The zero-order valence-electron chi connectivity index (χ0n) is 18.0. The quantitative estimate of drug-likeness (QED) is 0.289. The van der Waals surface area contributed by atoms with Crippen LogP contribution in [0.5, 0.6) is 17.2 Å². The Balaban J connectivity index is 1.95. The molecule has 0 bridgehead atoms. The molecule has 0 aliphatic heterocycles. The summed E-state index contributed by atoms with van der Waals surface area (Å²) in [5, 5.41) is 0. The van der Waals surface area contributed by atoms with Gasteiger partial charge in [-0.25, -0.2) is 4.79 Å². The van der Waals surface area contributed by atoms with E-state index in [1.807, 2.05) is 60.7 Å². The lowest BCUT2D eigenvalue weighted by Gasteiger charge is -2.19. The van der Waals surface area contributed by atoms with Crippen LogP contribution in [0.2, 0.25) is 0 Å². The topological polar surface area (TPSA) is 54.0 Å². The average molecular weight is 421 g/mol. The van der Waals surface area contributed by atoms with Crippen LogP contribution in [0.25, 0.3) is 0 Å². The van der Waals surface area contributed by atoms with Crippen molar-refractivity contribution in [3.8, 4) is 17.2 Å². The summed E-state index contributed by atoms with van der Waals surface area (Å²) in [5.41, 5.74) is 2.27. The molecule has 0 radical (unpaired) electrons. The molecule has 31 heavy (non-hydrogen) atoms. The van der Waals surface area contributed by atoms with Crippen LogP contribution in [0.1, 0.15) is 41.3 Å². The van der Waals surface area contributed by atoms with Crippen LogP contribution in [0.15, 0.2) is 72.8 Å². The molecule has 0 amide bonds. The number of rotatable bonds is 11. The fourth-order valence-electron chi connectivity index (χ4n) is 2.99. The third-order valence-electron chi connectivity index (χ3n) is 4.69. The van der Waals surface area contributed by atoms with Gasteiger partial charge in [-0.3, -0.25) is 0 Å². The maximum absolute atomic E-state index is 12.4. The van der Waals surface area contributed by atoms with Crippen molar-refractivity contribution in [2.24, 2.45) is 0 Å². The Labute approximate surface area is 183 Å². The fraction of sp³-hybridized carbons (Fsp3) is 0.269. The largest absolute Gasteiger partial charge is 0.490 e. The Morgan fingerprint density at radius 3 is 1.87 bits per heavy atom. The van der Waals surface area contributed by atoms with Gasteiger partial charge in [0.25, 0.3) is 0 Å². The van der Waals surface area contributed by atoms with E-state index in [0.717, 1.165) is 24.0 Å². The second kappa shape index (κ2) is 11.6. The number of hydrogen-bond donors (Lipinski definition) is 0. The molecule has 0 saturated carbocycles. The van der Waals surface area contributed by atoms with Gasteiger partial charge in [-0.1, -0.05) is 74.0 Å². The number of ether oxygens (including phenoxy) is 4. The third-order valence-corrected chi connectivity index (χ3v) is 4.69. The van der Waals surface area contributed by atoms with Crippen LogP contribution < -0.4 is 14.2 Å². The number of unbranched alkanes of at least 4 members (excludes halogenated alkanes) is 1. The molecule has 0 aliphatic rings. The lowest BCUT2D eigenvalue weighted by molar-refractivity contribution is 0.0594. The molecule has 0 aromatic heterocycles. The fourth-order valence-corrected chi connectivity index (χ4v) is 2.99. The van der Waals surface area contributed by atoms with Gasteiger partial charge in [0.2, 0.25) is 5.75 Å². The molecule has 0 saturated heterocycles. The van der Waals surface area contributed by atoms with E-state index in [1.54, 1.807) is 12.1 Å². The summed E-state index contributed by atoms with van der Waals surface area (Å²) in [4.78, 5) is 12.4. The van der Waals surface area contributed by atoms with E-state index < -0.39 is 5.97 Å². The first-order valence-corrected chi connectivity index (χ1v) is 10.4. The Bertz CT molecular complexity index is 954. The summed E-state index contributed by atoms with van der Waals surface area (Å²) in [6.07, 6.45) is 1.93. The van der Waals surface area contributed by atoms with Gasteiger partial charge in [0.05, 0.1) is 13.7 Å². The molecular formula is C26H28O5. The number of carbonyl (C=O) groups excluding carboxylic acids is 1. The van der Waals surface area contributed by atoms with E-state index in [2.05, 4.69) is 6.92 Å². The lowest BCUT2D eigenvalue weighted by atomic mass is 10.1. The predicted octanol–water partition coefficient (Wildman–Crippen LogP) is 5.81. The summed E-state index contributed by atoms with van der Waals surface area (Å²) in [6, 6.07) is 23.0. The summed E-state index contributed by atoms with van der Waals surface area (Å²) in [6.45, 7) is 3.25. The number of hydrogen-bond acceptors (Lipinski definition) is 5. The molecule has 0 unspecified atom stereocenters. The van der Waals surface area contributed by atoms with Crippen molar-refractivity contribution in [1.82, 2.24) is 0 Å². The van der Waals surface area contributed by atoms with Crippen molar-refractivity contribution in [3.05, 3.63) is 89.5 Å². The minimum atomic E-state index is -0.493. The summed E-state index contributed by atoms with van der Waals surface area (Å²) in [7, 11) is 1.35. The van der Waals surface area contributed by atoms with Gasteiger partial charge in [0, 0.05) is 0 Å². The summed E-state index contributed by atoms with van der Waals surface area (Å²) in [5.74, 6) is 0.771. The van der Waals surface area contributed by atoms with Gasteiger partial charge in [0.15, 0.2) is 11.5 Å². The highest BCUT2D eigenvalue weighted by Gasteiger charge is 2.23. The third kappa shape index (κ3) is 6.25. The van der Waals surface area contributed by atoms with E-state index in [1.165, 1.54) is 7.11 Å². The Morgan fingerprint density at radius 1 is 0.742 bits per heavy atom. The monoisotopic (exact) mass is 420 g/mol. The highest BCUT2D eigenvalue weighted by molar-refractivity contribution is 5.94. The van der Waals surface area contributed by atoms with E-state index in [0.29, 0.717) is 36.0 Å². The molecule has 0 atom stereocenters. The number of benzene rings is 3. The molecule has 3 aromatic carbocycles. The molecule has 0 aliphatic carbocycles. The molecule has 3 rings (SSSR count). The summed E-state index contributed by atoms with van der Waals surface area (Å²) >= 11 is 0. The highest BCUT2D eigenvalue weighted by Crippen LogP contribution is 2.41. The maximum atomic E-state index is 12.4. The lowest BCUT2D eigenvalue weighted by Crippen LogP contribution is -2.10. The molecule has 0 heterocycles. The minimum absolute atomic E-state index is 0.283. The van der Waals surface area contributed by atoms with Crippen LogP contribution in [0.4, 0.5) is 0 Å². The van der Waals surface area contributed by atoms with Crippen LogP contribution >= 0.6 is 0 Å². The number of esters is 1. The number of methoxy groups -OCH3 is 1. The zero-order valence-corrected chi connectivity index (χ0v) is 18.0. The van der Waals surface area contributed by atoms with Gasteiger partial charge in [-0.15, -0.1) is 0 Å². The Morgan fingerprint density at radius 2 is 1.32 bits per heavy atom. The van der Waals surface area contributed by atoms with Crippen molar-refractivity contribution in [2.45, 2.75) is 33.0 Å². The molecule has 0 fully saturated rings. The van der Waals surface area contributed by atoms with E-state index in [-0.39, 0.29) is 6.61 Å². The van der Waals surface area contributed by atoms with Crippen molar-refractivity contribution in [2.75, 3.05) is 13.7 Å². The van der Waals surface area contributed by atoms with Crippen molar-refractivity contribution >= 4 is 5.97 Å². The molecule has 5 nitrogen and oxygen atoms in total. The minimum Gasteiger partial charge on any atom is -0.490 e. The molecule has 0 spiro atoms. The standard InChI is InChI=1S/C26H28O5/c1-3-4-17-29-23-16-15-22(26(27)28-2)24(30-18-20-11-7-5-8-12-20)25(23)31-19-21-13-9-6-10-14-21/h5-16H,3-4,17-19H2,1-2H3. The van der Waals surface area contributed by atoms with Crippen molar-refractivity contribution in [3.63, 3.8) is 0 Å². The maximum Gasteiger partial charge on any atom is 0.341 e. The Kier molecular flexibility index (Phi) is 8.35. The SMILES string of the molecule is CCCCOc1ccc(C(=O)OC)c(OCc2ccccc2)c1OCc1ccccc1. The molecule has 162 valence electrons. The first-order valence-electron chi connectivity index (χ1n) is 10.4. The van der Waals surface area contributed by atoms with Crippen molar-refractivity contribution < 1.29 is 23.7 Å². The first kappa shape index (κ1) is 22.2.